The second kappa shape index (κ2) is 5.32. The van der Waals surface area contributed by atoms with Crippen molar-refractivity contribution < 1.29 is 4.39 Å². The van der Waals surface area contributed by atoms with Crippen molar-refractivity contribution in [2.45, 2.75) is 6.42 Å². The fourth-order valence-corrected chi connectivity index (χ4v) is 2.37. The minimum atomic E-state index is -0.314. The van der Waals surface area contributed by atoms with Crippen LogP contribution in [0.25, 0.3) is 0 Å². The predicted octanol–water partition coefficient (Wildman–Crippen LogP) is 4.20. The summed E-state index contributed by atoms with van der Waals surface area (Å²) in [6, 6.07) is 6.55. The summed E-state index contributed by atoms with van der Waals surface area (Å²) in [6.07, 6.45) is 0.928. The predicted molar refractivity (Wildman–Crippen MR) is 67.9 cm³/mol. The lowest BCUT2D eigenvalue weighted by Gasteiger charge is -2.06. The summed E-state index contributed by atoms with van der Waals surface area (Å²) in [5, 5.41) is 7.72. The summed E-state index contributed by atoms with van der Waals surface area (Å²) < 4.78 is 13.0. The molecule has 1 heterocycles. The quantitative estimate of drug-likeness (QED) is 0.864. The van der Waals surface area contributed by atoms with Gasteiger partial charge >= 0.3 is 0 Å². The van der Waals surface area contributed by atoms with E-state index in [4.69, 9.17) is 11.6 Å². The van der Waals surface area contributed by atoms with Crippen LogP contribution in [0.5, 0.6) is 0 Å². The molecule has 0 bridgehead atoms. The van der Waals surface area contributed by atoms with Crippen LogP contribution in [-0.4, -0.2) is 6.54 Å². The molecule has 0 unspecified atom stereocenters. The Morgan fingerprint density at radius 1 is 1.31 bits per heavy atom. The molecule has 0 aliphatic carbocycles. The van der Waals surface area contributed by atoms with E-state index in [0.29, 0.717) is 5.02 Å². The van der Waals surface area contributed by atoms with E-state index in [1.165, 1.54) is 17.7 Å². The smallest absolute Gasteiger partial charge is 0.126 e. The van der Waals surface area contributed by atoms with Gasteiger partial charge in [-0.1, -0.05) is 11.6 Å². The van der Waals surface area contributed by atoms with Crippen molar-refractivity contribution in [1.82, 2.24) is 0 Å². The molecule has 0 amide bonds. The van der Waals surface area contributed by atoms with Crippen LogP contribution in [0.3, 0.4) is 0 Å². The van der Waals surface area contributed by atoms with E-state index >= 15 is 0 Å². The lowest BCUT2D eigenvalue weighted by Crippen LogP contribution is -2.04. The monoisotopic (exact) mass is 255 g/mol. The number of anilines is 1. The van der Waals surface area contributed by atoms with Crippen LogP contribution in [0, 0.1) is 5.82 Å². The highest BCUT2D eigenvalue weighted by atomic mass is 35.5. The Labute approximate surface area is 103 Å². The molecule has 16 heavy (non-hydrogen) atoms. The summed E-state index contributed by atoms with van der Waals surface area (Å²) in [4.78, 5) is 0. The molecular formula is C12H11ClFNS. The van der Waals surface area contributed by atoms with Crippen molar-refractivity contribution in [3.63, 3.8) is 0 Å². The van der Waals surface area contributed by atoms with Gasteiger partial charge in [0.2, 0.25) is 0 Å². The SMILES string of the molecule is Fc1cc(Cl)cc(NCCc2ccsc2)c1. The van der Waals surface area contributed by atoms with E-state index in [1.54, 1.807) is 17.4 Å². The second-order valence-corrected chi connectivity index (χ2v) is 4.68. The Bertz CT molecular complexity index is 436. The number of benzene rings is 1. The van der Waals surface area contributed by atoms with Gasteiger partial charge in [0.25, 0.3) is 0 Å². The Kier molecular flexibility index (Phi) is 3.80. The van der Waals surface area contributed by atoms with Gasteiger partial charge in [-0.3, -0.25) is 0 Å². The van der Waals surface area contributed by atoms with Gasteiger partial charge in [0.15, 0.2) is 0 Å². The van der Waals surface area contributed by atoms with Crippen LogP contribution < -0.4 is 5.32 Å². The third kappa shape index (κ3) is 3.22. The zero-order valence-corrected chi connectivity index (χ0v) is 10.1. The van der Waals surface area contributed by atoms with Gasteiger partial charge in [-0.05, 0) is 47.0 Å². The van der Waals surface area contributed by atoms with Crippen molar-refractivity contribution in [2.75, 3.05) is 11.9 Å². The second-order valence-electron chi connectivity index (χ2n) is 3.47. The molecule has 0 saturated heterocycles. The third-order valence-corrected chi connectivity index (χ3v) is 3.14. The molecule has 0 aliphatic rings. The zero-order chi connectivity index (χ0) is 11.4. The van der Waals surface area contributed by atoms with E-state index in [2.05, 4.69) is 16.8 Å². The Morgan fingerprint density at radius 3 is 2.88 bits per heavy atom. The van der Waals surface area contributed by atoms with Gasteiger partial charge in [-0.25, -0.2) is 4.39 Å². The highest BCUT2D eigenvalue weighted by Gasteiger charge is 1.99. The molecule has 0 saturated carbocycles. The van der Waals surface area contributed by atoms with Crippen molar-refractivity contribution in [3.8, 4) is 0 Å². The Balaban J connectivity index is 1.89. The maximum absolute atomic E-state index is 13.0. The van der Waals surface area contributed by atoms with Crippen molar-refractivity contribution >= 4 is 28.6 Å². The maximum atomic E-state index is 13.0. The lowest BCUT2D eigenvalue weighted by molar-refractivity contribution is 0.628. The molecule has 0 aliphatic heterocycles. The maximum Gasteiger partial charge on any atom is 0.126 e. The summed E-state index contributed by atoms with van der Waals surface area (Å²) in [7, 11) is 0. The molecule has 2 rings (SSSR count). The highest BCUT2D eigenvalue weighted by Crippen LogP contribution is 2.18. The lowest BCUT2D eigenvalue weighted by atomic mass is 10.2. The summed E-state index contributed by atoms with van der Waals surface area (Å²) in [6.45, 7) is 0.774. The van der Waals surface area contributed by atoms with Gasteiger partial charge in [0.05, 0.1) is 0 Å². The Hall–Kier alpha value is -1.06. The van der Waals surface area contributed by atoms with E-state index in [9.17, 15) is 4.39 Å². The molecule has 1 nitrogen and oxygen atoms in total. The molecule has 1 aromatic heterocycles. The zero-order valence-electron chi connectivity index (χ0n) is 8.54. The molecule has 0 spiro atoms. The standard InChI is InChI=1S/C12H11ClFNS/c13-10-5-11(14)7-12(6-10)15-3-1-9-2-4-16-8-9/h2,4-8,15H,1,3H2. The van der Waals surface area contributed by atoms with Crippen molar-refractivity contribution in [3.05, 3.63) is 51.4 Å². The first-order valence-corrected chi connectivity index (χ1v) is 6.27. The molecule has 84 valence electrons. The van der Waals surface area contributed by atoms with E-state index in [-0.39, 0.29) is 5.82 Å². The molecule has 0 radical (unpaired) electrons. The number of rotatable bonds is 4. The Morgan fingerprint density at radius 2 is 2.19 bits per heavy atom. The number of hydrogen-bond donors (Lipinski definition) is 1. The first-order valence-electron chi connectivity index (χ1n) is 4.95. The minimum absolute atomic E-state index is 0.314. The summed E-state index contributed by atoms with van der Waals surface area (Å²) >= 11 is 7.43. The van der Waals surface area contributed by atoms with Gasteiger partial charge < -0.3 is 5.32 Å². The third-order valence-electron chi connectivity index (χ3n) is 2.19. The fourth-order valence-electron chi connectivity index (χ4n) is 1.44. The minimum Gasteiger partial charge on any atom is -0.385 e. The van der Waals surface area contributed by atoms with Crippen LogP contribution in [-0.2, 0) is 6.42 Å². The number of thiophene rings is 1. The van der Waals surface area contributed by atoms with Gasteiger partial charge in [0.1, 0.15) is 5.82 Å². The molecular weight excluding hydrogens is 245 g/mol. The first kappa shape index (κ1) is 11.4. The molecule has 2 aromatic rings. The van der Waals surface area contributed by atoms with Crippen LogP contribution >= 0.6 is 22.9 Å². The average molecular weight is 256 g/mol. The topological polar surface area (TPSA) is 12.0 Å². The molecule has 1 aromatic carbocycles. The number of nitrogens with one attached hydrogen (secondary N) is 1. The van der Waals surface area contributed by atoms with Crippen LogP contribution in [0.15, 0.2) is 35.0 Å². The van der Waals surface area contributed by atoms with E-state index in [0.717, 1.165) is 18.7 Å². The molecule has 1 N–H and O–H groups in total. The van der Waals surface area contributed by atoms with Crippen molar-refractivity contribution in [2.24, 2.45) is 0 Å². The van der Waals surface area contributed by atoms with E-state index in [1.807, 2.05) is 5.38 Å². The molecule has 0 atom stereocenters. The van der Waals surface area contributed by atoms with Gasteiger partial charge in [-0.15, -0.1) is 0 Å². The van der Waals surface area contributed by atoms with Crippen LogP contribution in [0.1, 0.15) is 5.56 Å². The fraction of sp³-hybridized carbons (Fsp3) is 0.167. The van der Waals surface area contributed by atoms with Crippen LogP contribution in [0.4, 0.5) is 10.1 Å². The average Bonchev–Trinajstić information content (AvgIpc) is 2.69. The molecule has 4 heteroatoms. The normalized spacial score (nSPS) is 10.4. The largest absolute Gasteiger partial charge is 0.385 e. The molecule has 0 fully saturated rings. The van der Waals surface area contributed by atoms with Gasteiger partial charge in [-0.2, -0.15) is 11.3 Å². The van der Waals surface area contributed by atoms with Crippen molar-refractivity contribution in [1.29, 1.82) is 0 Å². The van der Waals surface area contributed by atoms with E-state index < -0.39 is 0 Å². The van der Waals surface area contributed by atoms with Crippen LogP contribution in [0.2, 0.25) is 5.02 Å². The first-order chi connectivity index (χ1) is 7.74. The number of hydrogen-bond acceptors (Lipinski definition) is 2. The highest BCUT2D eigenvalue weighted by molar-refractivity contribution is 7.07. The summed E-state index contributed by atoms with van der Waals surface area (Å²) in [5.41, 5.74) is 2.01. The number of halogens is 2. The van der Waals surface area contributed by atoms with Gasteiger partial charge in [0, 0.05) is 17.3 Å². The summed E-state index contributed by atoms with van der Waals surface area (Å²) in [5.74, 6) is -0.314.